The summed E-state index contributed by atoms with van der Waals surface area (Å²) in [6, 6.07) is 7.44. The van der Waals surface area contributed by atoms with Crippen LogP contribution in [0.1, 0.15) is 43.9 Å². The third-order valence-electron chi connectivity index (χ3n) is 5.82. The molecule has 3 aromatic rings. The Bertz CT molecular complexity index is 1100. The van der Waals surface area contributed by atoms with Crippen LogP contribution in [0, 0.1) is 0 Å². The van der Waals surface area contributed by atoms with E-state index in [0.717, 1.165) is 35.7 Å². The summed E-state index contributed by atoms with van der Waals surface area (Å²) in [4.78, 5) is 37.6. The first-order valence-corrected chi connectivity index (χ1v) is 10.8. The Balaban J connectivity index is 1.28. The van der Waals surface area contributed by atoms with E-state index >= 15 is 0 Å². The number of carbonyl (C=O) groups is 1. The number of fused-ring (bicyclic) bond motifs is 1. The molecule has 0 aliphatic carbocycles. The molecule has 0 radical (unpaired) electrons. The minimum absolute atomic E-state index is 0.157. The average molecular weight is 421 g/mol. The summed E-state index contributed by atoms with van der Waals surface area (Å²) >= 11 is 0. The standard InChI is InChI=1S/C23H28N6O2/c1-16(2)17-14-24-23(25-15-17)29-12-10-28(11-13-29)21(30)9-5-8-20-18-6-3-4-7-19(18)22(31)27-26-20/h3-4,6-7,14-16H,5,8-13H2,1-2H3,(H,27,31). The molecule has 1 aliphatic rings. The molecular formula is C23H28N6O2. The van der Waals surface area contributed by atoms with Crippen molar-refractivity contribution in [2.24, 2.45) is 0 Å². The van der Waals surface area contributed by atoms with Crippen LogP contribution in [0.5, 0.6) is 0 Å². The van der Waals surface area contributed by atoms with Gasteiger partial charge in [-0.2, -0.15) is 5.10 Å². The maximum absolute atomic E-state index is 12.7. The largest absolute Gasteiger partial charge is 0.339 e. The Labute approximate surface area is 181 Å². The molecule has 0 bridgehead atoms. The molecule has 2 aromatic heterocycles. The third kappa shape index (κ3) is 4.73. The molecule has 3 heterocycles. The van der Waals surface area contributed by atoms with Crippen LogP contribution < -0.4 is 10.5 Å². The summed E-state index contributed by atoms with van der Waals surface area (Å²) in [5, 5.41) is 8.24. The van der Waals surface area contributed by atoms with E-state index in [1.807, 2.05) is 35.5 Å². The van der Waals surface area contributed by atoms with Crippen molar-refractivity contribution in [3.63, 3.8) is 0 Å². The quantitative estimate of drug-likeness (QED) is 0.658. The smallest absolute Gasteiger partial charge is 0.272 e. The highest BCUT2D eigenvalue weighted by atomic mass is 16.2. The van der Waals surface area contributed by atoms with E-state index in [9.17, 15) is 9.59 Å². The number of aromatic amines is 1. The second-order valence-corrected chi connectivity index (χ2v) is 8.24. The van der Waals surface area contributed by atoms with Crippen LogP contribution in [0.15, 0.2) is 41.5 Å². The number of aromatic nitrogens is 4. The zero-order valence-electron chi connectivity index (χ0n) is 18.0. The van der Waals surface area contributed by atoms with Crippen molar-refractivity contribution in [3.8, 4) is 0 Å². The summed E-state index contributed by atoms with van der Waals surface area (Å²) in [6.07, 6.45) is 5.59. The van der Waals surface area contributed by atoms with E-state index in [2.05, 4.69) is 38.9 Å². The predicted molar refractivity (Wildman–Crippen MR) is 120 cm³/mol. The Morgan fingerprint density at radius 2 is 1.74 bits per heavy atom. The van der Waals surface area contributed by atoms with Crippen molar-refractivity contribution in [2.75, 3.05) is 31.1 Å². The van der Waals surface area contributed by atoms with Crippen molar-refractivity contribution in [1.29, 1.82) is 0 Å². The molecule has 1 saturated heterocycles. The summed E-state index contributed by atoms with van der Waals surface area (Å²) in [5.74, 6) is 1.30. The molecule has 31 heavy (non-hydrogen) atoms. The van der Waals surface area contributed by atoms with E-state index < -0.39 is 0 Å². The average Bonchev–Trinajstić information content (AvgIpc) is 2.81. The molecule has 1 N–H and O–H groups in total. The maximum Gasteiger partial charge on any atom is 0.272 e. The van der Waals surface area contributed by atoms with Crippen LogP contribution in [0.3, 0.4) is 0 Å². The molecule has 0 atom stereocenters. The van der Waals surface area contributed by atoms with Crippen molar-refractivity contribution in [2.45, 2.75) is 39.0 Å². The Hall–Kier alpha value is -3.29. The van der Waals surface area contributed by atoms with Gasteiger partial charge in [0, 0.05) is 50.4 Å². The number of amides is 1. The Morgan fingerprint density at radius 3 is 2.42 bits per heavy atom. The maximum atomic E-state index is 12.7. The van der Waals surface area contributed by atoms with Crippen LogP contribution in [-0.2, 0) is 11.2 Å². The molecule has 8 heteroatoms. The fraction of sp³-hybridized carbons (Fsp3) is 0.435. The van der Waals surface area contributed by atoms with Crippen LogP contribution in [0.2, 0.25) is 0 Å². The van der Waals surface area contributed by atoms with Gasteiger partial charge in [0.25, 0.3) is 5.56 Å². The van der Waals surface area contributed by atoms with E-state index in [4.69, 9.17) is 0 Å². The first kappa shape index (κ1) is 21.0. The molecule has 162 valence electrons. The van der Waals surface area contributed by atoms with Gasteiger partial charge in [0.2, 0.25) is 11.9 Å². The van der Waals surface area contributed by atoms with Gasteiger partial charge in [-0.3, -0.25) is 9.59 Å². The van der Waals surface area contributed by atoms with Gasteiger partial charge in [0.15, 0.2) is 0 Å². The molecule has 1 fully saturated rings. The number of piperazine rings is 1. The lowest BCUT2D eigenvalue weighted by atomic mass is 10.1. The molecule has 8 nitrogen and oxygen atoms in total. The molecule has 1 aromatic carbocycles. The van der Waals surface area contributed by atoms with Crippen molar-refractivity contribution in [3.05, 3.63) is 58.3 Å². The number of hydrogen-bond donors (Lipinski definition) is 1. The lowest BCUT2D eigenvalue weighted by Crippen LogP contribution is -2.49. The number of H-pyrrole nitrogens is 1. The zero-order chi connectivity index (χ0) is 21.8. The fourth-order valence-corrected chi connectivity index (χ4v) is 3.88. The van der Waals surface area contributed by atoms with Crippen LogP contribution in [0.25, 0.3) is 10.8 Å². The van der Waals surface area contributed by atoms with Gasteiger partial charge in [-0.1, -0.05) is 32.0 Å². The lowest BCUT2D eigenvalue weighted by Gasteiger charge is -2.34. The van der Waals surface area contributed by atoms with Crippen molar-refractivity contribution >= 4 is 22.6 Å². The van der Waals surface area contributed by atoms with E-state index in [1.54, 1.807) is 6.07 Å². The first-order valence-electron chi connectivity index (χ1n) is 10.8. The Kier molecular flexibility index (Phi) is 6.25. The van der Waals surface area contributed by atoms with Crippen LogP contribution in [-0.4, -0.2) is 57.2 Å². The summed E-state index contributed by atoms with van der Waals surface area (Å²) < 4.78 is 0. The highest BCUT2D eigenvalue weighted by Crippen LogP contribution is 2.17. The number of carbonyl (C=O) groups excluding carboxylic acids is 1. The van der Waals surface area contributed by atoms with Crippen LogP contribution in [0.4, 0.5) is 5.95 Å². The van der Waals surface area contributed by atoms with E-state index in [1.165, 1.54) is 0 Å². The lowest BCUT2D eigenvalue weighted by molar-refractivity contribution is -0.131. The van der Waals surface area contributed by atoms with Crippen LogP contribution >= 0.6 is 0 Å². The zero-order valence-corrected chi connectivity index (χ0v) is 18.0. The van der Waals surface area contributed by atoms with Gasteiger partial charge in [-0.15, -0.1) is 0 Å². The van der Waals surface area contributed by atoms with Crippen molar-refractivity contribution < 1.29 is 4.79 Å². The van der Waals surface area contributed by atoms with Gasteiger partial charge >= 0.3 is 0 Å². The molecular weight excluding hydrogens is 392 g/mol. The Morgan fingerprint density at radius 1 is 1.06 bits per heavy atom. The molecule has 0 saturated carbocycles. The number of nitrogens with one attached hydrogen (secondary N) is 1. The molecule has 1 aliphatic heterocycles. The number of rotatable bonds is 6. The fourth-order valence-electron chi connectivity index (χ4n) is 3.88. The number of nitrogens with zero attached hydrogens (tertiary/aromatic N) is 5. The van der Waals surface area contributed by atoms with Gasteiger partial charge < -0.3 is 9.80 Å². The predicted octanol–water partition coefficient (Wildman–Crippen LogP) is 2.51. The molecule has 4 rings (SSSR count). The normalized spacial score (nSPS) is 14.4. The van der Waals surface area contributed by atoms with E-state index in [-0.39, 0.29) is 11.5 Å². The number of anilines is 1. The van der Waals surface area contributed by atoms with Gasteiger partial charge in [0.1, 0.15) is 0 Å². The van der Waals surface area contributed by atoms with E-state index in [0.29, 0.717) is 43.7 Å². The highest BCUT2D eigenvalue weighted by Gasteiger charge is 2.22. The molecule has 1 amide bonds. The van der Waals surface area contributed by atoms with Gasteiger partial charge in [-0.25, -0.2) is 15.1 Å². The number of benzene rings is 1. The summed E-state index contributed by atoms with van der Waals surface area (Å²) in [6.45, 7) is 7.07. The summed E-state index contributed by atoms with van der Waals surface area (Å²) in [7, 11) is 0. The highest BCUT2D eigenvalue weighted by molar-refractivity contribution is 5.83. The molecule has 0 unspecified atom stereocenters. The van der Waals surface area contributed by atoms with Gasteiger partial charge in [-0.05, 0) is 30.4 Å². The minimum atomic E-state index is -0.184. The van der Waals surface area contributed by atoms with Crippen molar-refractivity contribution in [1.82, 2.24) is 25.1 Å². The topological polar surface area (TPSA) is 95.1 Å². The molecule has 0 spiro atoms. The minimum Gasteiger partial charge on any atom is -0.339 e. The monoisotopic (exact) mass is 420 g/mol. The number of aryl methyl sites for hydroxylation is 1. The first-order chi connectivity index (χ1) is 15.0. The second kappa shape index (κ2) is 9.24. The summed E-state index contributed by atoms with van der Waals surface area (Å²) in [5.41, 5.74) is 1.77. The SMILES string of the molecule is CC(C)c1cnc(N2CCN(C(=O)CCCc3n[nH]c(=O)c4ccccc34)CC2)nc1. The number of hydrogen-bond acceptors (Lipinski definition) is 6. The second-order valence-electron chi connectivity index (χ2n) is 8.24. The van der Waals surface area contributed by atoms with Gasteiger partial charge in [0.05, 0.1) is 11.1 Å². The third-order valence-corrected chi connectivity index (χ3v) is 5.82.